The average Bonchev–Trinajstić information content (AvgIpc) is 3.96. The van der Waals surface area contributed by atoms with E-state index in [1.165, 1.54) is 13.8 Å². The van der Waals surface area contributed by atoms with Crippen LogP contribution in [-0.2, 0) is 16.0 Å². The van der Waals surface area contributed by atoms with Crippen LogP contribution in [0.25, 0.3) is 5.57 Å². The summed E-state index contributed by atoms with van der Waals surface area (Å²) in [4.78, 5) is 32.2. The molecule has 290 valence electrons. The van der Waals surface area contributed by atoms with E-state index in [4.69, 9.17) is 49.0 Å². The van der Waals surface area contributed by atoms with Crippen LogP contribution in [-0.4, -0.2) is 75.7 Å². The van der Waals surface area contributed by atoms with Crippen LogP contribution in [0.4, 0.5) is 18.0 Å². The predicted octanol–water partition coefficient (Wildman–Crippen LogP) is 8.84. The molecule has 1 N–H and O–H groups in total. The van der Waals surface area contributed by atoms with E-state index in [0.717, 1.165) is 46.7 Å². The van der Waals surface area contributed by atoms with Crippen molar-refractivity contribution in [3.05, 3.63) is 99.9 Å². The Morgan fingerprint density at radius 1 is 0.926 bits per heavy atom. The molecule has 0 aromatic heterocycles. The van der Waals surface area contributed by atoms with Crippen molar-refractivity contribution >= 4 is 52.4 Å². The van der Waals surface area contributed by atoms with Crippen molar-refractivity contribution in [1.29, 1.82) is 0 Å². The number of alkyl halides is 3. The summed E-state index contributed by atoms with van der Waals surface area (Å²) in [5.74, 6) is -3.83. The van der Waals surface area contributed by atoms with Crippen molar-refractivity contribution in [3.63, 3.8) is 0 Å². The van der Waals surface area contributed by atoms with Gasteiger partial charge in [-0.2, -0.15) is 4.39 Å². The van der Waals surface area contributed by atoms with Crippen molar-refractivity contribution < 1.29 is 37.0 Å². The number of hydrogen-bond donors (Lipinski definition) is 1. The minimum absolute atomic E-state index is 0.0188. The lowest BCUT2D eigenvalue weighted by Gasteiger charge is -2.48. The summed E-state index contributed by atoms with van der Waals surface area (Å²) in [6, 6.07) is 14.0. The highest BCUT2D eigenvalue weighted by Crippen LogP contribution is 2.43. The van der Waals surface area contributed by atoms with E-state index in [-0.39, 0.29) is 31.3 Å². The maximum atomic E-state index is 14.9. The normalized spacial score (nSPS) is 18.7. The number of nitrogens with zero attached hydrogens (tertiary/aromatic N) is 2. The second kappa shape index (κ2) is 16.2. The Labute approximate surface area is 328 Å². The maximum Gasteiger partial charge on any atom is 0.411 e. The molecule has 54 heavy (non-hydrogen) atoms. The first-order valence-electron chi connectivity index (χ1n) is 17.9. The smallest absolute Gasteiger partial charge is 0.411 e. The minimum atomic E-state index is -1.90. The Morgan fingerprint density at radius 3 is 2.30 bits per heavy atom. The molecule has 14 heteroatoms. The summed E-state index contributed by atoms with van der Waals surface area (Å²) < 4.78 is 56.9. The van der Waals surface area contributed by atoms with Crippen LogP contribution < -0.4 is 14.8 Å². The molecule has 2 aliphatic heterocycles. The van der Waals surface area contributed by atoms with Crippen LogP contribution >= 0.6 is 34.8 Å². The summed E-state index contributed by atoms with van der Waals surface area (Å²) in [6.07, 6.45) is 2.25. The lowest BCUT2D eigenvalue weighted by molar-refractivity contribution is -0.131. The number of nitrogens with one attached hydrogen (secondary N) is 1. The highest BCUT2D eigenvalue weighted by Gasteiger charge is 2.50. The second-order valence-corrected chi connectivity index (χ2v) is 16.8. The Hall–Kier alpha value is -3.64. The van der Waals surface area contributed by atoms with Gasteiger partial charge in [-0.3, -0.25) is 9.69 Å². The van der Waals surface area contributed by atoms with Crippen LogP contribution in [0, 0.1) is 31.3 Å². The molecule has 1 aliphatic carbocycles. The summed E-state index contributed by atoms with van der Waals surface area (Å²) in [7, 11) is 0. The maximum absolute atomic E-state index is 14.9. The number of rotatable bonds is 12. The van der Waals surface area contributed by atoms with Crippen LogP contribution in [0.15, 0.2) is 60.2 Å². The number of ether oxygens (including phenoxy) is 3. The molecule has 1 unspecified atom stereocenters. The first kappa shape index (κ1) is 40.0. The number of carbonyl (C=O) groups excluding carboxylic acids is 2. The van der Waals surface area contributed by atoms with Crippen molar-refractivity contribution in [1.82, 2.24) is 15.1 Å². The van der Waals surface area contributed by atoms with Gasteiger partial charge in [0.1, 0.15) is 5.75 Å². The molecule has 0 spiro atoms. The Balaban J connectivity index is 1.28. The first-order valence-corrected chi connectivity index (χ1v) is 19.1. The third-order valence-electron chi connectivity index (χ3n) is 10.3. The zero-order chi connectivity index (χ0) is 38.9. The van der Waals surface area contributed by atoms with Crippen molar-refractivity contribution in [2.24, 2.45) is 0 Å². The second-order valence-electron chi connectivity index (χ2n) is 14.6. The third-order valence-corrected chi connectivity index (χ3v) is 11.6. The third kappa shape index (κ3) is 8.75. The van der Waals surface area contributed by atoms with E-state index in [9.17, 15) is 22.8 Å². The minimum Gasteiger partial charge on any atom is -0.488 e. The Kier molecular flexibility index (Phi) is 12.0. The number of piperazine rings is 1. The first-order chi connectivity index (χ1) is 25.6. The zero-order valence-electron chi connectivity index (χ0n) is 30.5. The van der Waals surface area contributed by atoms with E-state index in [0.29, 0.717) is 49.7 Å². The van der Waals surface area contributed by atoms with Crippen molar-refractivity contribution in [2.75, 3.05) is 26.4 Å². The van der Waals surface area contributed by atoms with Crippen LogP contribution in [0.3, 0.4) is 0 Å². The number of amides is 2. The quantitative estimate of drug-likeness (QED) is 0.0853. The zero-order valence-corrected chi connectivity index (χ0v) is 32.8. The lowest BCUT2D eigenvalue weighted by atomic mass is 9.81. The summed E-state index contributed by atoms with van der Waals surface area (Å²) in [5, 5.41) is 3.39. The van der Waals surface area contributed by atoms with Gasteiger partial charge < -0.3 is 24.4 Å². The number of carbonyl (C=O) groups is 2. The standard InChI is InChI=1S/C40H43Cl3F3N3O5/c1-23-7-14-29(18-24(23)2)53-22-48(27-12-13-27)37(50)34-30(19-28-20-47-21-33(34)49(28)38(51)54-39(3,4)40(41,42)43)26-10-8-25(9-11-26)6-5-17-52-36-32(45)16-15-31(44)35(36)46/h7-11,14-16,18,27-28,33,47H,5-6,12-13,17,19-22H2,1-4H3/t28?,33-/m1/s1. The van der Waals surface area contributed by atoms with E-state index in [2.05, 4.69) is 5.32 Å². The van der Waals surface area contributed by atoms with Gasteiger partial charge in [0.2, 0.25) is 9.61 Å². The average molecular weight is 809 g/mol. The van der Waals surface area contributed by atoms with Gasteiger partial charge >= 0.3 is 6.09 Å². The Bertz CT molecular complexity index is 1920. The molecule has 6 rings (SSSR count). The van der Waals surface area contributed by atoms with Gasteiger partial charge in [-0.15, -0.1) is 0 Å². The number of hydrogen-bond acceptors (Lipinski definition) is 6. The molecule has 2 fully saturated rings. The molecule has 3 aromatic carbocycles. The van der Waals surface area contributed by atoms with Crippen molar-refractivity contribution in [2.45, 2.75) is 87.3 Å². The van der Waals surface area contributed by atoms with E-state index >= 15 is 0 Å². The molecule has 2 heterocycles. The Morgan fingerprint density at radius 2 is 1.63 bits per heavy atom. The van der Waals surface area contributed by atoms with Gasteiger partial charge in [0.05, 0.1) is 18.7 Å². The van der Waals surface area contributed by atoms with E-state index in [1.807, 2.05) is 56.3 Å². The molecular formula is C40H43Cl3F3N3O5. The van der Waals surface area contributed by atoms with Gasteiger partial charge in [-0.1, -0.05) is 65.1 Å². The number of fused-ring (bicyclic) bond motifs is 2. The predicted molar refractivity (Wildman–Crippen MR) is 203 cm³/mol. The van der Waals surface area contributed by atoms with E-state index in [1.54, 1.807) is 9.80 Å². The van der Waals surface area contributed by atoms with Gasteiger partial charge in [0.15, 0.2) is 29.7 Å². The largest absolute Gasteiger partial charge is 0.488 e. The van der Waals surface area contributed by atoms with Crippen LogP contribution in [0.2, 0.25) is 0 Å². The molecular weight excluding hydrogens is 766 g/mol. The fourth-order valence-corrected chi connectivity index (χ4v) is 6.84. The number of benzene rings is 3. The van der Waals surface area contributed by atoms with Gasteiger partial charge in [-0.25, -0.2) is 13.6 Å². The molecule has 3 aromatic rings. The molecule has 2 atom stereocenters. The van der Waals surface area contributed by atoms with Crippen molar-refractivity contribution in [3.8, 4) is 11.5 Å². The molecule has 8 nitrogen and oxygen atoms in total. The number of halogens is 6. The SMILES string of the molecule is Cc1ccc(OCN(C(=O)C2=C(c3ccc(CCCOc4c(F)ccc(F)c4F)cc3)CC3CNC[C@H]2N3C(=O)OC(C)(C)C(Cl)(Cl)Cl)C2CC2)cc1C. The van der Waals surface area contributed by atoms with Crippen LogP contribution in [0.5, 0.6) is 11.5 Å². The molecule has 1 saturated carbocycles. The van der Waals surface area contributed by atoms with E-state index < -0.39 is 44.7 Å². The topological polar surface area (TPSA) is 80.3 Å². The molecule has 3 aliphatic rings. The van der Waals surface area contributed by atoms with Gasteiger partial charge in [0, 0.05) is 24.7 Å². The number of aryl methyl sites for hydroxylation is 3. The summed E-state index contributed by atoms with van der Waals surface area (Å²) >= 11 is 18.6. The monoisotopic (exact) mass is 807 g/mol. The fourth-order valence-electron chi connectivity index (χ4n) is 6.73. The highest BCUT2D eigenvalue weighted by atomic mass is 35.6. The molecule has 2 bridgehead atoms. The summed E-state index contributed by atoms with van der Waals surface area (Å²) in [5.41, 5.74) is 3.75. The molecule has 2 amide bonds. The lowest BCUT2D eigenvalue weighted by Crippen LogP contribution is -2.64. The molecule has 0 radical (unpaired) electrons. The van der Waals surface area contributed by atoms with Crippen LogP contribution in [0.1, 0.15) is 61.8 Å². The fraction of sp³-hybridized carbons (Fsp3) is 0.450. The molecule has 1 saturated heterocycles. The summed E-state index contributed by atoms with van der Waals surface area (Å²) in [6.45, 7) is 7.82. The van der Waals surface area contributed by atoms with Gasteiger partial charge in [0.25, 0.3) is 5.91 Å². The van der Waals surface area contributed by atoms with Gasteiger partial charge in [-0.05, 0) is 112 Å². The highest BCUT2D eigenvalue weighted by molar-refractivity contribution is 6.68.